The first-order valence-electron chi connectivity index (χ1n) is 5.18. The molecule has 0 unspecified atom stereocenters. The van der Waals surface area contributed by atoms with E-state index in [9.17, 15) is 17.6 Å². The van der Waals surface area contributed by atoms with E-state index < -0.39 is 12.8 Å². The quantitative estimate of drug-likeness (QED) is 0.639. The summed E-state index contributed by atoms with van der Waals surface area (Å²) in [6, 6.07) is 4.61. The lowest BCUT2D eigenvalue weighted by molar-refractivity contribution is -0.173. The van der Waals surface area contributed by atoms with Gasteiger partial charge in [0, 0.05) is 13.1 Å². The van der Waals surface area contributed by atoms with Crippen LogP contribution in [0.15, 0.2) is 22.7 Å². The van der Waals surface area contributed by atoms with Crippen LogP contribution < -0.4 is 5.32 Å². The van der Waals surface area contributed by atoms with Crippen LogP contribution in [0.25, 0.3) is 0 Å². The Kier molecular flexibility index (Phi) is 6.04. The first-order chi connectivity index (χ1) is 8.40. The lowest BCUT2D eigenvalue weighted by atomic mass is 10.2. The first-order valence-corrected chi connectivity index (χ1v) is 5.97. The lowest BCUT2D eigenvalue weighted by Crippen LogP contribution is -2.23. The van der Waals surface area contributed by atoms with Crippen LogP contribution in [0.2, 0.25) is 0 Å². The Hall–Kier alpha value is -0.660. The standard InChI is InChI=1S/C11H12BrF4NO/c12-10-8(2-1-3-9(10)13)6-17-4-5-18-7-11(14,15)16/h1-3,17H,4-7H2. The predicted octanol–water partition coefficient (Wildman–Crippen LogP) is 3.26. The Morgan fingerprint density at radius 2 is 2.00 bits per heavy atom. The van der Waals surface area contributed by atoms with Crippen LogP contribution in [0.3, 0.4) is 0 Å². The smallest absolute Gasteiger partial charge is 0.371 e. The maximum atomic E-state index is 13.1. The molecule has 7 heteroatoms. The summed E-state index contributed by atoms with van der Waals surface area (Å²) in [7, 11) is 0. The van der Waals surface area contributed by atoms with Gasteiger partial charge in [-0.05, 0) is 27.6 Å². The summed E-state index contributed by atoms with van der Waals surface area (Å²) in [6.07, 6.45) is -4.30. The molecule has 1 aromatic carbocycles. The number of alkyl halides is 3. The summed E-state index contributed by atoms with van der Waals surface area (Å²) in [5.41, 5.74) is 0.700. The van der Waals surface area contributed by atoms with Gasteiger partial charge in [0.2, 0.25) is 0 Å². The molecule has 0 amide bonds. The maximum Gasteiger partial charge on any atom is 0.411 e. The van der Waals surface area contributed by atoms with Gasteiger partial charge < -0.3 is 10.1 Å². The molecule has 2 nitrogen and oxygen atoms in total. The van der Waals surface area contributed by atoms with Crippen LogP contribution in [0.4, 0.5) is 17.6 Å². The summed E-state index contributed by atoms with van der Waals surface area (Å²) in [5.74, 6) is -0.373. The van der Waals surface area contributed by atoms with Crippen LogP contribution in [-0.2, 0) is 11.3 Å². The largest absolute Gasteiger partial charge is 0.411 e. The van der Waals surface area contributed by atoms with Crippen molar-refractivity contribution in [2.45, 2.75) is 12.7 Å². The van der Waals surface area contributed by atoms with Crippen LogP contribution >= 0.6 is 15.9 Å². The molecule has 1 rings (SSSR count). The van der Waals surface area contributed by atoms with Crippen molar-refractivity contribution < 1.29 is 22.3 Å². The zero-order valence-electron chi connectivity index (χ0n) is 9.36. The normalized spacial score (nSPS) is 11.8. The van der Waals surface area contributed by atoms with E-state index in [0.29, 0.717) is 16.6 Å². The second-order valence-corrected chi connectivity index (χ2v) is 4.35. The minimum Gasteiger partial charge on any atom is -0.371 e. The summed E-state index contributed by atoms with van der Waals surface area (Å²) >= 11 is 3.09. The van der Waals surface area contributed by atoms with E-state index in [-0.39, 0.29) is 19.0 Å². The van der Waals surface area contributed by atoms with Crippen LogP contribution in [0.1, 0.15) is 5.56 Å². The highest BCUT2D eigenvalue weighted by Gasteiger charge is 2.27. The number of halogens is 5. The number of rotatable bonds is 6. The number of hydrogen-bond acceptors (Lipinski definition) is 2. The topological polar surface area (TPSA) is 21.3 Å². The van der Waals surface area contributed by atoms with Crippen molar-refractivity contribution >= 4 is 15.9 Å². The highest BCUT2D eigenvalue weighted by atomic mass is 79.9. The molecule has 1 aromatic rings. The van der Waals surface area contributed by atoms with E-state index in [4.69, 9.17) is 0 Å². The van der Waals surface area contributed by atoms with E-state index >= 15 is 0 Å². The van der Waals surface area contributed by atoms with Gasteiger partial charge in [-0.15, -0.1) is 0 Å². The number of benzene rings is 1. The zero-order chi connectivity index (χ0) is 13.6. The molecule has 0 spiro atoms. The number of hydrogen-bond donors (Lipinski definition) is 1. The molecule has 1 N–H and O–H groups in total. The van der Waals surface area contributed by atoms with Crippen LogP contribution in [0.5, 0.6) is 0 Å². The molecule has 102 valence electrons. The second kappa shape index (κ2) is 7.06. The molecule has 0 aliphatic carbocycles. The summed E-state index contributed by atoms with van der Waals surface area (Å²) in [5, 5.41) is 2.87. The predicted molar refractivity (Wildman–Crippen MR) is 62.7 cm³/mol. The van der Waals surface area contributed by atoms with Gasteiger partial charge in [-0.25, -0.2) is 4.39 Å². The molecule has 0 radical (unpaired) electrons. The minimum absolute atomic E-state index is 0.0492. The fraction of sp³-hybridized carbons (Fsp3) is 0.455. The molecule has 0 fully saturated rings. The Bertz CT molecular complexity index is 384. The fourth-order valence-electron chi connectivity index (χ4n) is 1.24. The van der Waals surface area contributed by atoms with Gasteiger partial charge >= 0.3 is 6.18 Å². The molecule has 0 bridgehead atoms. The number of nitrogens with one attached hydrogen (secondary N) is 1. The summed E-state index contributed by atoms with van der Waals surface area (Å²) in [4.78, 5) is 0. The third-order valence-corrected chi connectivity index (χ3v) is 2.92. The van der Waals surface area contributed by atoms with E-state index in [0.717, 1.165) is 0 Å². The van der Waals surface area contributed by atoms with Crippen molar-refractivity contribution in [1.82, 2.24) is 5.32 Å². The Balaban J connectivity index is 2.20. The van der Waals surface area contributed by atoms with Crippen molar-refractivity contribution in [1.29, 1.82) is 0 Å². The van der Waals surface area contributed by atoms with Crippen molar-refractivity contribution in [3.05, 3.63) is 34.1 Å². The average Bonchev–Trinajstić information content (AvgIpc) is 2.27. The molecule has 18 heavy (non-hydrogen) atoms. The van der Waals surface area contributed by atoms with Crippen molar-refractivity contribution in [3.8, 4) is 0 Å². The SMILES string of the molecule is Fc1cccc(CNCCOCC(F)(F)F)c1Br. The fourth-order valence-corrected chi connectivity index (χ4v) is 1.64. The molecule has 0 saturated heterocycles. The Labute approximate surface area is 110 Å². The average molecular weight is 330 g/mol. The van der Waals surface area contributed by atoms with Gasteiger partial charge in [-0.1, -0.05) is 12.1 Å². The molecular weight excluding hydrogens is 318 g/mol. The lowest BCUT2D eigenvalue weighted by Gasteiger charge is -2.09. The van der Waals surface area contributed by atoms with Gasteiger partial charge in [0.1, 0.15) is 12.4 Å². The maximum absolute atomic E-state index is 13.1. The van der Waals surface area contributed by atoms with Gasteiger partial charge in [-0.2, -0.15) is 13.2 Å². The first kappa shape index (κ1) is 15.4. The van der Waals surface area contributed by atoms with Crippen molar-refractivity contribution in [3.63, 3.8) is 0 Å². The van der Waals surface area contributed by atoms with Crippen molar-refractivity contribution in [2.24, 2.45) is 0 Å². The second-order valence-electron chi connectivity index (χ2n) is 3.56. The van der Waals surface area contributed by atoms with Gasteiger partial charge in [0.05, 0.1) is 11.1 Å². The molecule has 0 aliphatic rings. The van der Waals surface area contributed by atoms with Crippen LogP contribution in [0, 0.1) is 5.82 Å². The Morgan fingerprint density at radius 1 is 1.28 bits per heavy atom. The summed E-state index contributed by atoms with van der Waals surface area (Å²) in [6.45, 7) is -0.683. The third-order valence-electron chi connectivity index (χ3n) is 2.04. The number of ether oxygens (including phenoxy) is 1. The van der Waals surface area contributed by atoms with Crippen molar-refractivity contribution in [2.75, 3.05) is 19.8 Å². The van der Waals surface area contributed by atoms with Crippen LogP contribution in [-0.4, -0.2) is 25.9 Å². The minimum atomic E-state index is -4.30. The van der Waals surface area contributed by atoms with Gasteiger partial charge in [0.15, 0.2) is 0 Å². The van der Waals surface area contributed by atoms with E-state index in [2.05, 4.69) is 26.0 Å². The highest BCUT2D eigenvalue weighted by Crippen LogP contribution is 2.20. The monoisotopic (exact) mass is 329 g/mol. The molecule has 0 atom stereocenters. The van der Waals surface area contributed by atoms with E-state index in [1.165, 1.54) is 6.07 Å². The summed E-state index contributed by atoms with van der Waals surface area (Å²) < 4.78 is 53.1. The molecule has 0 saturated carbocycles. The third kappa shape index (κ3) is 5.79. The highest BCUT2D eigenvalue weighted by molar-refractivity contribution is 9.10. The Morgan fingerprint density at radius 3 is 2.67 bits per heavy atom. The molecule has 0 heterocycles. The molecule has 0 aliphatic heterocycles. The van der Waals surface area contributed by atoms with Gasteiger partial charge in [-0.3, -0.25) is 0 Å². The molecular formula is C11H12BrF4NO. The zero-order valence-corrected chi connectivity index (χ0v) is 10.9. The van der Waals surface area contributed by atoms with E-state index in [1.807, 2.05) is 0 Å². The molecule has 0 aromatic heterocycles. The van der Waals surface area contributed by atoms with E-state index in [1.54, 1.807) is 12.1 Å². The van der Waals surface area contributed by atoms with Gasteiger partial charge in [0.25, 0.3) is 0 Å².